The summed E-state index contributed by atoms with van der Waals surface area (Å²) in [5, 5.41) is 3.00. The second-order valence-corrected chi connectivity index (χ2v) is 5.88. The maximum Gasteiger partial charge on any atom is 0.305 e. The van der Waals surface area contributed by atoms with Crippen molar-refractivity contribution in [3.63, 3.8) is 0 Å². The van der Waals surface area contributed by atoms with Crippen LogP contribution in [0.15, 0.2) is 42.6 Å². The predicted octanol–water partition coefficient (Wildman–Crippen LogP) is 2.18. The molecule has 0 bridgehead atoms. The van der Waals surface area contributed by atoms with Crippen molar-refractivity contribution < 1.29 is 19.1 Å². The molecule has 1 atom stereocenters. The molecule has 7 nitrogen and oxygen atoms in total. The number of esters is 1. The molecule has 0 saturated heterocycles. The number of amides is 1. The molecule has 0 radical (unpaired) electrons. The van der Waals surface area contributed by atoms with E-state index in [-0.39, 0.29) is 29.9 Å². The molecule has 0 aliphatic heterocycles. The molecule has 3 N–H and O–H groups in total. The van der Waals surface area contributed by atoms with E-state index in [1.165, 1.54) is 19.4 Å². The van der Waals surface area contributed by atoms with Crippen molar-refractivity contribution in [1.29, 1.82) is 0 Å². The maximum atomic E-state index is 12.7. The number of para-hydroxylation sites is 1. The molecule has 1 amide bonds. The highest BCUT2D eigenvalue weighted by molar-refractivity contribution is 6.31. The van der Waals surface area contributed by atoms with Crippen LogP contribution in [0.2, 0.25) is 5.02 Å². The molecule has 26 heavy (non-hydrogen) atoms. The fourth-order valence-electron chi connectivity index (χ4n) is 2.19. The highest BCUT2D eigenvalue weighted by Crippen LogP contribution is 2.20. The van der Waals surface area contributed by atoms with Gasteiger partial charge in [-0.1, -0.05) is 23.7 Å². The Balaban J connectivity index is 2.15. The zero-order chi connectivity index (χ0) is 19.1. The molecule has 0 fully saturated rings. The topological polar surface area (TPSA) is 111 Å². The lowest BCUT2D eigenvalue weighted by atomic mass is 10.0. The van der Waals surface area contributed by atoms with Gasteiger partial charge < -0.3 is 15.8 Å². The third kappa shape index (κ3) is 5.11. The largest absolute Gasteiger partial charge is 0.469 e. The number of hydrogen-bond acceptors (Lipinski definition) is 6. The Morgan fingerprint density at radius 1 is 1.27 bits per heavy atom. The summed E-state index contributed by atoms with van der Waals surface area (Å²) in [7, 11) is 1.26. The molecule has 0 aliphatic carbocycles. The molecular weight excluding hydrogens is 358 g/mol. The standard InChI is InChI=1S/C18H18ClN3O4/c1-26-16(23)7-6-13(20)18(25)22-14-5-3-2-4-12(14)17(24)15-10-11(19)8-9-21-15/h2-5,8-10,13H,6-7,20H2,1H3,(H,22,25)/t13-/m0/s1. The molecule has 2 aromatic rings. The quantitative estimate of drug-likeness (QED) is 0.566. The number of rotatable bonds is 7. The van der Waals surface area contributed by atoms with Gasteiger partial charge in [0, 0.05) is 23.2 Å². The van der Waals surface area contributed by atoms with Crippen molar-refractivity contribution in [1.82, 2.24) is 4.98 Å². The summed E-state index contributed by atoms with van der Waals surface area (Å²) >= 11 is 5.90. The number of pyridine rings is 1. The molecule has 1 aromatic carbocycles. The molecule has 1 aromatic heterocycles. The first-order valence-electron chi connectivity index (χ1n) is 7.81. The van der Waals surface area contributed by atoms with Crippen molar-refractivity contribution in [3.05, 3.63) is 58.9 Å². The average molecular weight is 376 g/mol. The first-order valence-corrected chi connectivity index (χ1v) is 8.18. The average Bonchev–Trinajstić information content (AvgIpc) is 2.65. The van der Waals surface area contributed by atoms with Gasteiger partial charge in [0.05, 0.1) is 18.8 Å². The fraction of sp³-hybridized carbons (Fsp3) is 0.222. The number of aromatic nitrogens is 1. The van der Waals surface area contributed by atoms with Crippen molar-refractivity contribution in [2.24, 2.45) is 5.73 Å². The van der Waals surface area contributed by atoms with E-state index < -0.39 is 17.9 Å². The Labute approximate surface area is 155 Å². The van der Waals surface area contributed by atoms with E-state index >= 15 is 0 Å². The van der Waals surface area contributed by atoms with E-state index in [2.05, 4.69) is 15.0 Å². The molecule has 0 unspecified atom stereocenters. The summed E-state index contributed by atoms with van der Waals surface area (Å²) in [5.41, 5.74) is 6.52. The first kappa shape index (κ1) is 19.6. The van der Waals surface area contributed by atoms with Gasteiger partial charge in [-0.15, -0.1) is 0 Å². The Morgan fingerprint density at radius 3 is 2.69 bits per heavy atom. The van der Waals surface area contributed by atoms with Crippen LogP contribution in [0.25, 0.3) is 0 Å². The molecule has 2 rings (SSSR count). The molecular formula is C18H18ClN3O4. The van der Waals surface area contributed by atoms with E-state index in [0.29, 0.717) is 10.7 Å². The zero-order valence-corrected chi connectivity index (χ0v) is 14.8. The zero-order valence-electron chi connectivity index (χ0n) is 14.1. The lowest BCUT2D eigenvalue weighted by Crippen LogP contribution is -2.36. The van der Waals surface area contributed by atoms with Gasteiger partial charge in [-0.2, -0.15) is 0 Å². The van der Waals surface area contributed by atoms with Crippen molar-refractivity contribution in [2.45, 2.75) is 18.9 Å². The van der Waals surface area contributed by atoms with Crippen LogP contribution in [0.1, 0.15) is 28.9 Å². The fourth-order valence-corrected chi connectivity index (χ4v) is 2.35. The van der Waals surface area contributed by atoms with Crippen LogP contribution < -0.4 is 11.1 Å². The van der Waals surface area contributed by atoms with Crippen LogP contribution in [0.5, 0.6) is 0 Å². The number of ether oxygens (including phenoxy) is 1. The highest BCUT2D eigenvalue weighted by atomic mass is 35.5. The second-order valence-electron chi connectivity index (χ2n) is 5.44. The van der Waals surface area contributed by atoms with Gasteiger partial charge in [-0.25, -0.2) is 0 Å². The van der Waals surface area contributed by atoms with Gasteiger partial charge >= 0.3 is 5.97 Å². The summed E-state index contributed by atoms with van der Waals surface area (Å²) in [4.78, 5) is 40.1. The number of carbonyl (C=O) groups excluding carboxylic acids is 3. The second kappa shape index (κ2) is 9.07. The number of nitrogens with one attached hydrogen (secondary N) is 1. The Kier molecular flexibility index (Phi) is 6.82. The van der Waals surface area contributed by atoms with Crippen LogP contribution in [-0.2, 0) is 14.3 Å². The highest BCUT2D eigenvalue weighted by Gasteiger charge is 2.20. The number of ketones is 1. The van der Waals surface area contributed by atoms with Crippen LogP contribution in [-0.4, -0.2) is 35.8 Å². The SMILES string of the molecule is COC(=O)CC[C@H](N)C(=O)Nc1ccccc1C(=O)c1cc(Cl)ccn1. The predicted molar refractivity (Wildman–Crippen MR) is 97.0 cm³/mol. The number of nitrogens with two attached hydrogens (primary N) is 1. The number of halogens is 1. The van der Waals surface area contributed by atoms with Gasteiger partial charge in [-0.05, 0) is 30.7 Å². The lowest BCUT2D eigenvalue weighted by molar-refractivity contribution is -0.140. The summed E-state index contributed by atoms with van der Waals surface area (Å²) in [5.74, 6) is -1.34. The number of nitrogens with zero attached hydrogens (tertiary/aromatic N) is 1. The van der Waals surface area contributed by atoms with Crippen LogP contribution >= 0.6 is 11.6 Å². The normalized spacial score (nSPS) is 11.5. The van der Waals surface area contributed by atoms with Crippen molar-refractivity contribution in [3.8, 4) is 0 Å². The first-order chi connectivity index (χ1) is 12.4. The van der Waals surface area contributed by atoms with E-state index in [1.807, 2.05) is 0 Å². The molecule has 8 heteroatoms. The summed E-state index contributed by atoms with van der Waals surface area (Å²) in [6.07, 6.45) is 1.59. The monoisotopic (exact) mass is 375 g/mol. The maximum absolute atomic E-state index is 12.7. The molecule has 1 heterocycles. The Hall–Kier alpha value is -2.77. The van der Waals surface area contributed by atoms with E-state index in [0.717, 1.165) is 0 Å². The van der Waals surface area contributed by atoms with Crippen molar-refractivity contribution in [2.75, 3.05) is 12.4 Å². The number of benzene rings is 1. The van der Waals surface area contributed by atoms with Crippen LogP contribution in [0.3, 0.4) is 0 Å². The molecule has 0 saturated carbocycles. The Morgan fingerprint density at radius 2 is 2.00 bits per heavy atom. The van der Waals surface area contributed by atoms with Crippen LogP contribution in [0.4, 0.5) is 5.69 Å². The van der Waals surface area contributed by atoms with E-state index in [1.54, 1.807) is 30.3 Å². The third-order valence-corrected chi connectivity index (χ3v) is 3.84. The molecule has 0 aliphatic rings. The summed E-state index contributed by atoms with van der Waals surface area (Å²) in [6.45, 7) is 0. The summed E-state index contributed by atoms with van der Waals surface area (Å²) in [6, 6.07) is 8.60. The van der Waals surface area contributed by atoms with Gasteiger partial charge in [-0.3, -0.25) is 19.4 Å². The van der Waals surface area contributed by atoms with E-state index in [9.17, 15) is 14.4 Å². The van der Waals surface area contributed by atoms with Crippen LogP contribution in [0, 0.1) is 0 Å². The van der Waals surface area contributed by atoms with Gasteiger partial charge in [0.1, 0.15) is 5.69 Å². The Bertz CT molecular complexity index is 826. The van der Waals surface area contributed by atoms with E-state index in [4.69, 9.17) is 17.3 Å². The number of methoxy groups -OCH3 is 1. The minimum absolute atomic E-state index is 0.0259. The third-order valence-electron chi connectivity index (χ3n) is 3.61. The van der Waals surface area contributed by atoms with Gasteiger partial charge in [0.25, 0.3) is 0 Å². The number of anilines is 1. The van der Waals surface area contributed by atoms with Gasteiger partial charge in [0.15, 0.2) is 0 Å². The molecule has 0 spiro atoms. The summed E-state index contributed by atoms with van der Waals surface area (Å²) < 4.78 is 4.52. The minimum Gasteiger partial charge on any atom is -0.469 e. The number of hydrogen-bond donors (Lipinski definition) is 2. The smallest absolute Gasteiger partial charge is 0.305 e. The lowest BCUT2D eigenvalue weighted by Gasteiger charge is -2.14. The number of carbonyl (C=O) groups is 3. The minimum atomic E-state index is -0.915. The molecule has 136 valence electrons. The van der Waals surface area contributed by atoms with Crippen molar-refractivity contribution >= 4 is 34.9 Å². The van der Waals surface area contributed by atoms with Gasteiger partial charge in [0.2, 0.25) is 11.7 Å².